The van der Waals surface area contributed by atoms with Crippen LogP contribution in [0.25, 0.3) is 37.5 Å². The molecular formula is C28H24FN9OS. The lowest BCUT2D eigenvalue weighted by Crippen LogP contribution is -2.49. The number of rotatable bonds is 5. The summed E-state index contributed by atoms with van der Waals surface area (Å²) >= 11 is 1.59. The Bertz CT molecular complexity index is 1870. The second-order valence-corrected chi connectivity index (χ2v) is 10.8. The fourth-order valence-corrected chi connectivity index (χ4v) is 6.20. The van der Waals surface area contributed by atoms with Crippen molar-refractivity contribution < 1.29 is 9.18 Å². The number of carbonyl (C=O) groups is 1. The SMILES string of the molecule is Cn1ccc(-c2cc3c(N(C(=O)c4ccc(-n5nnc6cccnc65)cc4F)[C@@H]4CCCNC4)nccc3s2)n1. The van der Waals surface area contributed by atoms with Gasteiger partial charge in [-0.05, 0) is 61.9 Å². The molecule has 10 nitrogen and oxygen atoms in total. The fraction of sp³-hybridized carbons (Fsp3) is 0.214. The predicted molar refractivity (Wildman–Crippen MR) is 151 cm³/mol. The number of benzene rings is 1. The zero-order valence-corrected chi connectivity index (χ0v) is 22.3. The topological polar surface area (TPSA) is 107 Å². The summed E-state index contributed by atoms with van der Waals surface area (Å²) in [6.07, 6.45) is 6.91. The molecule has 6 aromatic rings. The number of carbonyl (C=O) groups excluding carboxylic acids is 1. The summed E-state index contributed by atoms with van der Waals surface area (Å²) in [5.74, 6) is -0.572. The summed E-state index contributed by atoms with van der Waals surface area (Å²) in [4.78, 5) is 25.8. The number of hydrogen-bond acceptors (Lipinski definition) is 8. The van der Waals surface area contributed by atoms with Crippen LogP contribution >= 0.6 is 11.3 Å². The van der Waals surface area contributed by atoms with Crippen molar-refractivity contribution in [2.24, 2.45) is 7.05 Å². The number of piperidine rings is 1. The molecule has 5 aromatic heterocycles. The number of nitrogens with zero attached hydrogens (tertiary/aromatic N) is 8. The zero-order chi connectivity index (χ0) is 27.2. The Balaban J connectivity index is 1.31. The lowest BCUT2D eigenvalue weighted by Gasteiger charge is -2.34. The van der Waals surface area contributed by atoms with E-state index in [1.54, 1.807) is 51.5 Å². The Morgan fingerprint density at radius 2 is 2.08 bits per heavy atom. The van der Waals surface area contributed by atoms with E-state index < -0.39 is 11.7 Å². The van der Waals surface area contributed by atoms with Crippen LogP contribution in [0.15, 0.2) is 67.1 Å². The Morgan fingerprint density at radius 3 is 2.88 bits per heavy atom. The van der Waals surface area contributed by atoms with Crippen molar-refractivity contribution in [2.45, 2.75) is 18.9 Å². The Hall–Kier alpha value is -4.55. The van der Waals surface area contributed by atoms with Gasteiger partial charge in [0.2, 0.25) is 0 Å². The van der Waals surface area contributed by atoms with Crippen LogP contribution in [0.1, 0.15) is 23.2 Å². The smallest absolute Gasteiger partial charge is 0.262 e. The molecule has 0 bridgehead atoms. The number of fused-ring (bicyclic) bond motifs is 2. The van der Waals surface area contributed by atoms with Gasteiger partial charge in [0.05, 0.1) is 22.2 Å². The van der Waals surface area contributed by atoms with Crippen LogP contribution in [-0.4, -0.2) is 59.8 Å². The third-order valence-electron chi connectivity index (χ3n) is 7.11. The second-order valence-electron chi connectivity index (χ2n) is 9.72. The summed E-state index contributed by atoms with van der Waals surface area (Å²) in [6, 6.07) is 13.7. The molecule has 200 valence electrons. The van der Waals surface area contributed by atoms with E-state index in [4.69, 9.17) is 0 Å². The molecule has 0 unspecified atom stereocenters. The van der Waals surface area contributed by atoms with Gasteiger partial charge < -0.3 is 5.32 Å². The highest BCUT2D eigenvalue weighted by atomic mass is 32.1. The van der Waals surface area contributed by atoms with E-state index in [-0.39, 0.29) is 11.6 Å². The number of aryl methyl sites for hydroxylation is 1. The molecule has 1 saturated heterocycles. The summed E-state index contributed by atoms with van der Waals surface area (Å²) in [7, 11) is 1.88. The van der Waals surface area contributed by atoms with Gasteiger partial charge in [-0.25, -0.2) is 14.4 Å². The Kier molecular flexibility index (Phi) is 6.05. The third kappa shape index (κ3) is 4.21. The Labute approximate surface area is 232 Å². The van der Waals surface area contributed by atoms with Crippen molar-refractivity contribution in [3.63, 3.8) is 0 Å². The minimum Gasteiger partial charge on any atom is -0.315 e. The van der Waals surface area contributed by atoms with E-state index in [1.165, 1.54) is 16.8 Å². The third-order valence-corrected chi connectivity index (χ3v) is 8.23. The zero-order valence-electron chi connectivity index (χ0n) is 21.5. The molecule has 0 radical (unpaired) electrons. The van der Waals surface area contributed by atoms with Crippen molar-refractivity contribution in [1.82, 2.24) is 40.1 Å². The molecule has 12 heteroatoms. The van der Waals surface area contributed by atoms with Crippen LogP contribution in [0.4, 0.5) is 10.2 Å². The highest BCUT2D eigenvalue weighted by Crippen LogP contribution is 2.38. The number of nitrogens with one attached hydrogen (secondary N) is 1. The normalized spacial score (nSPS) is 15.6. The number of pyridine rings is 2. The quantitative estimate of drug-likeness (QED) is 0.338. The van der Waals surface area contributed by atoms with E-state index >= 15 is 4.39 Å². The minimum atomic E-state index is -0.650. The first-order valence-electron chi connectivity index (χ1n) is 13.0. The van der Waals surface area contributed by atoms with Gasteiger partial charge in [0.15, 0.2) is 5.65 Å². The van der Waals surface area contributed by atoms with E-state index in [1.807, 2.05) is 31.4 Å². The standard InChI is InChI=1S/C28H24FN9OS/c1-36-13-9-22(34-36)25-15-20-24(40-25)8-12-32-26(20)37(18-4-2-10-30-16-18)28(39)19-7-6-17(14-21(19)29)38-27-23(33-35-38)5-3-11-31-27/h3,5-9,11-15,18,30H,2,4,10,16H2,1H3/t18-/m1/s1. The van der Waals surface area contributed by atoms with Crippen LogP contribution in [0.2, 0.25) is 0 Å². The number of halogens is 1. The number of amides is 1. The first kappa shape index (κ1) is 24.5. The van der Waals surface area contributed by atoms with Crippen LogP contribution in [0.3, 0.4) is 0 Å². The van der Waals surface area contributed by atoms with Gasteiger partial charge in [0.25, 0.3) is 5.91 Å². The number of aromatic nitrogens is 7. The van der Waals surface area contributed by atoms with Gasteiger partial charge in [-0.1, -0.05) is 5.21 Å². The first-order valence-corrected chi connectivity index (χ1v) is 13.8. The van der Waals surface area contributed by atoms with Crippen LogP contribution in [-0.2, 0) is 7.05 Å². The molecule has 1 aliphatic rings. The van der Waals surface area contributed by atoms with Crippen molar-refractivity contribution in [2.75, 3.05) is 18.0 Å². The van der Waals surface area contributed by atoms with Gasteiger partial charge in [0, 0.05) is 48.3 Å². The van der Waals surface area contributed by atoms with Gasteiger partial charge in [0.1, 0.15) is 22.8 Å². The van der Waals surface area contributed by atoms with Gasteiger partial charge >= 0.3 is 0 Å². The average Bonchev–Trinajstić information content (AvgIpc) is 3.72. The van der Waals surface area contributed by atoms with Crippen LogP contribution in [0.5, 0.6) is 0 Å². The number of anilines is 1. The van der Waals surface area contributed by atoms with Gasteiger partial charge in [-0.3, -0.25) is 14.4 Å². The highest BCUT2D eigenvalue weighted by molar-refractivity contribution is 7.22. The minimum absolute atomic E-state index is 0.0364. The average molecular weight is 554 g/mol. The molecule has 40 heavy (non-hydrogen) atoms. The van der Waals surface area contributed by atoms with E-state index in [0.29, 0.717) is 29.2 Å². The van der Waals surface area contributed by atoms with Crippen molar-refractivity contribution in [3.8, 4) is 16.3 Å². The molecule has 0 spiro atoms. The molecule has 1 N–H and O–H groups in total. The largest absolute Gasteiger partial charge is 0.315 e. The molecule has 6 heterocycles. The lowest BCUT2D eigenvalue weighted by atomic mass is 10.0. The van der Waals surface area contributed by atoms with Crippen molar-refractivity contribution in [3.05, 3.63) is 78.5 Å². The molecule has 1 amide bonds. The van der Waals surface area contributed by atoms with E-state index in [0.717, 1.165) is 40.0 Å². The van der Waals surface area contributed by atoms with Crippen molar-refractivity contribution >= 4 is 44.3 Å². The molecule has 7 rings (SSSR count). The molecular weight excluding hydrogens is 529 g/mol. The second kappa shape index (κ2) is 9.88. The Morgan fingerprint density at radius 1 is 1.15 bits per heavy atom. The van der Waals surface area contributed by atoms with Gasteiger partial charge in [-0.2, -0.15) is 9.78 Å². The molecule has 1 aromatic carbocycles. The van der Waals surface area contributed by atoms with Crippen LogP contribution < -0.4 is 10.2 Å². The summed E-state index contributed by atoms with van der Waals surface area (Å²) in [6.45, 7) is 1.47. The summed E-state index contributed by atoms with van der Waals surface area (Å²) < 4.78 is 19.9. The fourth-order valence-electron chi connectivity index (χ4n) is 5.18. The number of thiophene rings is 1. The van der Waals surface area contributed by atoms with Gasteiger partial charge in [-0.15, -0.1) is 16.4 Å². The van der Waals surface area contributed by atoms with Crippen LogP contribution in [0, 0.1) is 5.82 Å². The summed E-state index contributed by atoms with van der Waals surface area (Å²) in [5.41, 5.74) is 2.35. The summed E-state index contributed by atoms with van der Waals surface area (Å²) in [5, 5.41) is 17.0. The molecule has 0 aliphatic carbocycles. The molecule has 1 fully saturated rings. The first-order chi connectivity index (χ1) is 19.6. The van der Waals surface area contributed by atoms with E-state index in [2.05, 4.69) is 30.7 Å². The maximum atomic E-state index is 15.7. The predicted octanol–water partition coefficient (Wildman–Crippen LogP) is 4.36. The monoisotopic (exact) mass is 553 g/mol. The maximum Gasteiger partial charge on any atom is 0.262 e. The maximum absolute atomic E-state index is 15.7. The lowest BCUT2D eigenvalue weighted by molar-refractivity contribution is 0.0968. The van der Waals surface area contributed by atoms with E-state index in [9.17, 15) is 4.79 Å². The van der Waals surface area contributed by atoms with Crippen molar-refractivity contribution in [1.29, 1.82) is 0 Å². The molecule has 1 aliphatic heterocycles. The molecule has 1 atom stereocenters. The molecule has 0 saturated carbocycles. The number of hydrogen-bond donors (Lipinski definition) is 1. The highest BCUT2D eigenvalue weighted by Gasteiger charge is 2.32.